The van der Waals surface area contributed by atoms with E-state index in [-0.39, 0.29) is 25.6 Å². The summed E-state index contributed by atoms with van der Waals surface area (Å²) in [4.78, 5) is 35.7. The molecular weight excluding hydrogens is 954 g/mol. The van der Waals surface area contributed by atoms with Gasteiger partial charge in [0.2, 0.25) is 0 Å². The lowest BCUT2D eigenvalue weighted by atomic mass is 10.0. The molecule has 0 fully saturated rings. The Morgan fingerprint density at radius 2 is 0.760 bits per heavy atom. The fraction of sp³-hybridized carbons (Fsp3) is 0.846. The van der Waals surface area contributed by atoms with E-state index in [2.05, 4.69) is 62.5 Å². The van der Waals surface area contributed by atoms with Crippen LogP contribution < -0.4 is 0 Å². The molecule has 2 atom stereocenters. The van der Waals surface area contributed by atoms with Gasteiger partial charge in [-0.3, -0.25) is 18.6 Å². The van der Waals surface area contributed by atoms with Gasteiger partial charge < -0.3 is 18.9 Å². The van der Waals surface area contributed by atoms with E-state index in [4.69, 9.17) is 18.5 Å². The average molecular weight is 1080 g/mol. The van der Waals surface area contributed by atoms with Crippen molar-refractivity contribution in [2.45, 2.75) is 309 Å². The second kappa shape index (κ2) is 56.7. The maximum atomic E-state index is 12.8. The number of phosphoric acid groups is 1. The number of ether oxygens (including phenoxy) is 2. The minimum absolute atomic E-state index is 0.0344. The van der Waals surface area contributed by atoms with Crippen LogP contribution in [0, 0.1) is 0 Å². The highest BCUT2D eigenvalue weighted by Gasteiger charge is 2.27. The standard InChI is InChI=1S/C65H122NO8P/c1-6-8-10-12-14-16-18-20-22-24-26-27-28-29-30-31-32-33-34-35-36-37-38-39-40-42-44-46-48-50-52-54-56-58-65(68)74-63(62-73-75(69,70)72-60-59-66(3,4)5)61-71-64(67)57-55-53-51-49-47-45-43-41-25-23-21-19-17-15-13-11-9-7-2/h8,10,14,16,20,22,26-27,63H,6-7,9,11-13,15,17-19,21,23-25,28-62H2,1-5H3/p+1/b10-8-,16-14-,22-20-,27-26-. The lowest BCUT2D eigenvalue weighted by Crippen LogP contribution is -2.37. The second-order valence-corrected chi connectivity index (χ2v) is 24.2. The molecule has 2 unspecified atom stereocenters. The normalized spacial score (nSPS) is 13.5. The van der Waals surface area contributed by atoms with E-state index in [1.54, 1.807) is 0 Å². The van der Waals surface area contributed by atoms with Gasteiger partial charge in [-0.1, -0.05) is 287 Å². The number of quaternary nitrogens is 1. The molecule has 0 bridgehead atoms. The minimum atomic E-state index is -4.38. The van der Waals surface area contributed by atoms with Gasteiger partial charge in [0, 0.05) is 12.8 Å². The molecular formula is C65H123NO8P+. The maximum Gasteiger partial charge on any atom is 0.472 e. The average Bonchev–Trinajstić information content (AvgIpc) is 3.37. The Morgan fingerprint density at radius 3 is 1.13 bits per heavy atom. The Morgan fingerprint density at radius 1 is 0.427 bits per heavy atom. The Bertz CT molecular complexity index is 1410. The molecule has 0 rings (SSSR count). The van der Waals surface area contributed by atoms with Crippen molar-refractivity contribution >= 4 is 19.8 Å². The Kier molecular flexibility index (Phi) is 55.1. The molecule has 10 heteroatoms. The minimum Gasteiger partial charge on any atom is -0.462 e. The summed E-state index contributed by atoms with van der Waals surface area (Å²) in [7, 11) is 1.49. The molecule has 0 aromatic carbocycles. The van der Waals surface area contributed by atoms with Crippen LogP contribution in [0.2, 0.25) is 0 Å². The molecule has 0 aliphatic rings. The number of allylic oxidation sites excluding steroid dienone is 8. The number of carbonyl (C=O) groups is 2. The predicted molar refractivity (Wildman–Crippen MR) is 321 cm³/mol. The van der Waals surface area contributed by atoms with Crippen LogP contribution in [-0.4, -0.2) is 74.9 Å². The zero-order valence-corrected chi connectivity index (χ0v) is 50.9. The molecule has 75 heavy (non-hydrogen) atoms. The number of hydrogen-bond acceptors (Lipinski definition) is 7. The van der Waals surface area contributed by atoms with E-state index in [0.29, 0.717) is 23.9 Å². The smallest absolute Gasteiger partial charge is 0.462 e. The molecule has 9 nitrogen and oxygen atoms in total. The third-order valence-corrected chi connectivity index (χ3v) is 15.1. The summed E-state index contributed by atoms with van der Waals surface area (Å²) in [5, 5.41) is 0. The van der Waals surface area contributed by atoms with Crippen LogP contribution in [-0.2, 0) is 32.7 Å². The van der Waals surface area contributed by atoms with E-state index in [0.717, 1.165) is 57.8 Å². The van der Waals surface area contributed by atoms with Crippen molar-refractivity contribution in [3.8, 4) is 0 Å². The zero-order chi connectivity index (χ0) is 54.9. The van der Waals surface area contributed by atoms with Gasteiger partial charge in [0.05, 0.1) is 27.7 Å². The van der Waals surface area contributed by atoms with E-state index < -0.39 is 26.5 Å². The first-order valence-electron chi connectivity index (χ1n) is 31.9. The second-order valence-electron chi connectivity index (χ2n) is 22.8. The van der Waals surface area contributed by atoms with E-state index in [1.807, 2.05) is 21.1 Å². The third kappa shape index (κ3) is 61.1. The van der Waals surface area contributed by atoms with Crippen LogP contribution in [0.15, 0.2) is 48.6 Å². The number of phosphoric ester groups is 1. The summed E-state index contributed by atoms with van der Waals surface area (Å²) in [5.41, 5.74) is 0. The van der Waals surface area contributed by atoms with Crippen molar-refractivity contribution < 1.29 is 42.1 Å². The molecule has 0 aromatic heterocycles. The largest absolute Gasteiger partial charge is 0.472 e. The Hall–Kier alpha value is -2.03. The van der Waals surface area contributed by atoms with Crippen molar-refractivity contribution in [1.82, 2.24) is 0 Å². The lowest BCUT2D eigenvalue weighted by Gasteiger charge is -2.24. The molecule has 0 aliphatic heterocycles. The lowest BCUT2D eigenvalue weighted by molar-refractivity contribution is -0.870. The number of rotatable bonds is 59. The monoisotopic (exact) mass is 1080 g/mol. The fourth-order valence-electron chi connectivity index (χ4n) is 9.25. The van der Waals surface area contributed by atoms with Gasteiger partial charge in [-0.2, -0.15) is 0 Å². The van der Waals surface area contributed by atoms with Crippen molar-refractivity contribution in [3.05, 3.63) is 48.6 Å². The first kappa shape index (κ1) is 73.0. The zero-order valence-electron chi connectivity index (χ0n) is 50.0. The van der Waals surface area contributed by atoms with Gasteiger partial charge in [0.15, 0.2) is 6.10 Å². The number of likely N-dealkylation sites (N-methyl/N-ethyl adjacent to an activating group) is 1. The first-order valence-corrected chi connectivity index (χ1v) is 33.4. The number of carbonyl (C=O) groups excluding carboxylic acids is 2. The SMILES string of the molecule is CC/C=C\C/C=C\C/C=C\C/C=C\CCCCCCCCCCCCCCCCCCCCCCC(=O)OC(COC(=O)CCCCCCCCCCCCCCCCCCCC)COP(=O)(O)OCC[N+](C)(C)C. The molecule has 0 spiro atoms. The van der Waals surface area contributed by atoms with Crippen LogP contribution in [0.5, 0.6) is 0 Å². The van der Waals surface area contributed by atoms with Crippen molar-refractivity contribution in [1.29, 1.82) is 0 Å². The van der Waals surface area contributed by atoms with Gasteiger partial charge >= 0.3 is 19.8 Å². The summed E-state index contributed by atoms with van der Waals surface area (Å²) in [5.74, 6) is -0.779. The van der Waals surface area contributed by atoms with Gasteiger partial charge in [0.25, 0.3) is 0 Å². The number of hydrogen-bond donors (Lipinski definition) is 1. The van der Waals surface area contributed by atoms with Crippen LogP contribution in [0.25, 0.3) is 0 Å². The van der Waals surface area contributed by atoms with E-state index in [9.17, 15) is 19.0 Å². The number of unbranched alkanes of at least 4 members (excludes halogenated alkanes) is 37. The van der Waals surface area contributed by atoms with Crippen molar-refractivity contribution in [2.24, 2.45) is 0 Å². The van der Waals surface area contributed by atoms with Crippen LogP contribution >= 0.6 is 7.82 Å². The summed E-state index contributed by atoms with van der Waals surface area (Å²) in [6.07, 6.45) is 72.0. The quantitative estimate of drug-likeness (QED) is 0.0211. The fourth-order valence-corrected chi connectivity index (χ4v) is 9.99. The third-order valence-electron chi connectivity index (χ3n) is 14.1. The van der Waals surface area contributed by atoms with Crippen molar-refractivity contribution in [2.75, 3.05) is 47.5 Å². The molecule has 0 heterocycles. The van der Waals surface area contributed by atoms with Crippen LogP contribution in [0.4, 0.5) is 0 Å². The van der Waals surface area contributed by atoms with Gasteiger partial charge in [-0.05, 0) is 51.4 Å². The summed E-state index contributed by atoms with van der Waals surface area (Å²) >= 11 is 0. The van der Waals surface area contributed by atoms with E-state index >= 15 is 0 Å². The van der Waals surface area contributed by atoms with Crippen LogP contribution in [0.3, 0.4) is 0 Å². The first-order chi connectivity index (χ1) is 36.5. The molecule has 0 saturated heterocycles. The van der Waals surface area contributed by atoms with Gasteiger partial charge in [-0.25, -0.2) is 4.57 Å². The van der Waals surface area contributed by atoms with Gasteiger partial charge in [-0.15, -0.1) is 0 Å². The van der Waals surface area contributed by atoms with Crippen molar-refractivity contribution in [3.63, 3.8) is 0 Å². The highest BCUT2D eigenvalue weighted by molar-refractivity contribution is 7.47. The topological polar surface area (TPSA) is 108 Å². The molecule has 0 amide bonds. The summed E-state index contributed by atoms with van der Waals surface area (Å²) < 4.78 is 34.6. The summed E-state index contributed by atoms with van der Waals surface area (Å²) in [6.45, 7) is 4.38. The molecule has 440 valence electrons. The number of nitrogens with zero attached hydrogens (tertiary/aromatic N) is 1. The predicted octanol–water partition coefficient (Wildman–Crippen LogP) is 20.1. The number of esters is 2. The van der Waals surface area contributed by atoms with Crippen LogP contribution in [0.1, 0.15) is 303 Å². The van der Waals surface area contributed by atoms with Gasteiger partial charge in [0.1, 0.15) is 19.8 Å². The van der Waals surface area contributed by atoms with E-state index in [1.165, 1.54) is 212 Å². The molecule has 0 aliphatic carbocycles. The highest BCUT2D eigenvalue weighted by Crippen LogP contribution is 2.43. The molecule has 0 radical (unpaired) electrons. The molecule has 0 aromatic rings. The molecule has 1 N–H and O–H groups in total. The maximum absolute atomic E-state index is 12.8. The molecule has 0 saturated carbocycles. The summed E-state index contributed by atoms with van der Waals surface area (Å²) in [6, 6.07) is 0. The highest BCUT2D eigenvalue weighted by atomic mass is 31.2. The Labute approximate surface area is 464 Å². The Balaban J connectivity index is 4.00.